The largest absolute Gasteiger partial charge is 0.355 e. The Hall–Kier alpha value is -2.71. The molecule has 33 heavy (non-hydrogen) atoms. The highest BCUT2D eigenvalue weighted by molar-refractivity contribution is 7.89. The number of hydrogen-bond donors (Lipinski definition) is 1. The molecule has 7 nitrogen and oxygen atoms in total. The number of sulfonamides is 1. The SMILES string of the molecule is CC(=O)N1CCN(S(=O)(=O)c2ccc(C(C)C)cc2)C(C(=O)NCCCc2ccccc2)C1. The van der Waals surface area contributed by atoms with Gasteiger partial charge in [0.25, 0.3) is 0 Å². The molecule has 1 heterocycles. The summed E-state index contributed by atoms with van der Waals surface area (Å²) in [5.41, 5.74) is 2.23. The van der Waals surface area contributed by atoms with Gasteiger partial charge in [0.2, 0.25) is 21.8 Å². The van der Waals surface area contributed by atoms with E-state index < -0.39 is 16.1 Å². The molecule has 1 atom stereocenters. The van der Waals surface area contributed by atoms with E-state index in [1.54, 1.807) is 12.1 Å². The van der Waals surface area contributed by atoms with Gasteiger partial charge < -0.3 is 10.2 Å². The van der Waals surface area contributed by atoms with Crippen LogP contribution in [0.3, 0.4) is 0 Å². The van der Waals surface area contributed by atoms with Crippen molar-refractivity contribution in [1.82, 2.24) is 14.5 Å². The number of carbonyl (C=O) groups excluding carboxylic acids is 2. The molecule has 1 fully saturated rings. The Morgan fingerprint density at radius 3 is 2.30 bits per heavy atom. The number of benzene rings is 2. The molecule has 0 aromatic heterocycles. The van der Waals surface area contributed by atoms with Crippen molar-refractivity contribution in [1.29, 1.82) is 0 Å². The van der Waals surface area contributed by atoms with E-state index in [4.69, 9.17) is 0 Å². The molecule has 1 N–H and O–H groups in total. The molecule has 0 saturated carbocycles. The van der Waals surface area contributed by atoms with E-state index >= 15 is 0 Å². The number of carbonyl (C=O) groups is 2. The Kier molecular flexibility index (Phi) is 8.26. The van der Waals surface area contributed by atoms with Gasteiger partial charge in [0.15, 0.2) is 0 Å². The summed E-state index contributed by atoms with van der Waals surface area (Å²) in [6.07, 6.45) is 1.55. The van der Waals surface area contributed by atoms with Crippen LogP contribution in [0, 0.1) is 0 Å². The maximum atomic E-state index is 13.4. The molecule has 0 radical (unpaired) electrons. The van der Waals surface area contributed by atoms with Crippen molar-refractivity contribution in [2.24, 2.45) is 0 Å². The van der Waals surface area contributed by atoms with Gasteiger partial charge in [-0.1, -0.05) is 56.3 Å². The Balaban J connectivity index is 1.72. The maximum absolute atomic E-state index is 13.4. The van der Waals surface area contributed by atoms with E-state index in [1.807, 2.05) is 56.3 Å². The standard InChI is InChI=1S/C25H33N3O4S/c1-19(2)22-11-13-23(14-12-22)33(31,32)28-17-16-27(20(3)29)18-24(28)25(30)26-15-7-10-21-8-5-4-6-9-21/h4-6,8-9,11-14,19,24H,7,10,15-18H2,1-3H3,(H,26,30). The molecule has 2 aromatic rings. The fourth-order valence-corrected chi connectivity index (χ4v) is 5.55. The highest BCUT2D eigenvalue weighted by atomic mass is 32.2. The van der Waals surface area contributed by atoms with Gasteiger partial charge >= 0.3 is 0 Å². The van der Waals surface area contributed by atoms with E-state index in [9.17, 15) is 18.0 Å². The maximum Gasteiger partial charge on any atom is 0.243 e. The van der Waals surface area contributed by atoms with Gasteiger partial charge in [-0.25, -0.2) is 8.42 Å². The van der Waals surface area contributed by atoms with Gasteiger partial charge in [-0.3, -0.25) is 9.59 Å². The molecule has 3 rings (SSSR count). The number of nitrogens with zero attached hydrogens (tertiary/aromatic N) is 2. The normalized spacial score (nSPS) is 17.2. The summed E-state index contributed by atoms with van der Waals surface area (Å²) in [5.74, 6) is -0.262. The van der Waals surface area contributed by atoms with Crippen molar-refractivity contribution >= 4 is 21.8 Å². The van der Waals surface area contributed by atoms with Crippen LogP contribution in [0.4, 0.5) is 0 Å². The second-order valence-corrected chi connectivity index (χ2v) is 10.6. The molecule has 2 amide bonds. The van der Waals surface area contributed by atoms with Crippen LogP contribution in [0.15, 0.2) is 59.5 Å². The highest BCUT2D eigenvalue weighted by Gasteiger charge is 2.40. The van der Waals surface area contributed by atoms with Gasteiger partial charge in [0.1, 0.15) is 6.04 Å². The molecule has 0 spiro atoms. The first-order valence-corrected chi connectivity index (χ1v) is 12.8. The van der Waals surface area contributed by atoms with Crippen LogP contribution in [0.25, 0.3) is 0 Å². The zero-order chi connectivity index (χ0) is 24.0. The molecular weight excluding hydrogens is 438 g/mol. The van der Waals surface area contributed by atoms with Crippen molar-refractivity contribution in [3.8, 4) is 0 Å². The lowest BCUT2D eigenvalue weighted by molar-refractivity contribution is -0.134. The molecule has 178 valence electrons. The minimum absolute atomic E-state index is 0.0448. The van der Waals surface area contributed by atoms with Crippen LogP contribution in [0.1, 0.15) is 44.2 Å². The first-order valence-electron chi connectivity index (χ1n) is 11.4. The van der Waals surface area contributed by atoms with Crippen LogP contribution in [-0.4, -0.2) is 61.7 Å². The number of nitrogens with one attached hydrogen (secondary N) is 1. The summed E-state index contributed by atoms with van der Waals surface area (Å²) in [6, 6.07) is 15.8. The smallest absolute Gasteiger partial charge is 0.243 e. The molecule has 1 unspecified atom stereocenters. The van der Waals surface area contributed by atoms with Gasteiger partial charge in [-0.05, 0) is 42.0 Å². The van der Waals surface area contributed by atoms with Crippen LogP contribution in [-0.2, 0) is 26.0 Å². The van der Waals surface area contributed by atoms with Crippen molar-refractivity contribution in [3.05, 3.63) is 65.7 Å². The molecule has 1 saturated heterocycles. The monoisotopic (exact) mass is 471 g/mol. The summed E-state index contributed by atoms with van der Waals surface area (Å²) in [4.78, 5) is 26.7. The van der Waals surface area contributed by atoms with E-state index in [0.29, 0.717) is 6.54 Å². The lowest BCUT2D eigenvalue weighted by Gasteiger charge is -2.39. The van der Waals surface area contributed by atoms with Gasteiger partial charge in [-0.2, -0.15) is 4.31 Å². The Morgan fingerprint density at radius 2 is 1.70 bits per heavy atom. The summed E-state index contributed by atoms with van der Waals surface area (Å²) in [5, 5.41) is 2.88. The number of amides is 2. The van der Waals surface area contributed by atoms with Gasteiger partial charge in [0, 0.05) is 33.1 Å². The van der Waals surface area contributed by atoms with E-state index in [1.165, 1.54) is 21.7 Å². The average molecular weight is 472 g/mol. The second-order valence-electron chi connectivity index (χ2n) is 8.70. The van der Waals surface area contributed by atoms with E-state index in [2.05, 4.69) is 5.32 Å². The van der Waals surface area contributed by atoms with Crippen LogP contribution >= 0.6 is 0 Å². The fourth-order valence-electron chi connectivity index (χ4n) is 3.98. The first kappa shape index (κ1) is 24.9. The Morgan fingerprint density at radius 1 is 1.03 bits per heavy atom. The van der Waals surface area contributed by atoms with E-state index in [0.717, 1.165) is 18.4 Å². The van der Waals surface area contributed by atoms with Crippen molar-refractivity contribution in [3.63, 3.8) is 0 Å². The van der Waals surface area contributed by atoms with Gasteiger partial charge in [0.05, 0.1) is 4.90 Å². The first-order chi connectivity index (χ1) is 15.7. The molecule has 2 aromatic carbocycles. The third kappa shape index (κ3) is 6.21. The van der Waals surface area contributed by atoms with E-state index in [-0.39, 0.29) is 42.3 Å². The Bertz CT molecular complexity index is 1050. The molecule has 8 heteroatoms. The second kappa shape index (κ2) is 10.9. The summed E-state index contributed by atoms with van der Waals surface area (Å²) in [6.45, 7) is 6.34. The minimum atomic E-state index is -3.89. The topological polar surface area (TPSA) is 86.8 Å². The van der Waals surface area contributed by atoms with Gasteiger partial charge in [-0.15, -0.1) is 0 Å². The quantitative estimate of drug-likeness (QED) is 0.600. The molecule has 0 aliphatic carbocycles. The number of rotatable bonds is 8. The fraction of sp³-hybridized carbons (Fsp3) is 0.440. The van der Waals surface area contributed by atoms with Crippen LogP contribution < -0.4 is 5.32 Å². The van der Waals surface area contributed by atoms with Crippen molar-refractivity contribution in [2.45, 2.75) is 50.5 Å². The van der Waals surface area contributed by atoms with Crippen LogP contribution in [0.5, 0.6) is 0 Å². The summed E-state index contributed by atoms with van der Waals surface area (Å²) < 4.78 is 28.1. The Labute approximate surface area is 196 Å². The molecule has 1 aliphatic rings. The third-order valence-corrected chi connectivity index (χ3v) is 7.94. The predicted octanol–water partition coefficient (Wildman–Crippen LogP) is 2.78. The molecular formula is C25H33N3O4S. The number of hydrogen-bond acceptors (Lipinski definition) is 4. The lowest BCUT2D eigenvalue weighted by atomic mass is 10.0. The zero-order valence-corrected chi connectivity index (χ0v) is 20.3. The summed E-state index contributed by atoms with van der Waals surface area (Å²) >= 11 is 0. The highest BCUT2D eigenvalue weighted by Crippen LogP contribution is 2.24. The zero-order valence-electron chi connectivity index (χ0n) is 19.5. The number of piperazine rings is 1. The van der Waals surface area contributed by atoms with Crippen molar-refractivity contribution in [2.75, 3.05) is 26.2 Å². The number of aryl methyl sites for hydroxylation is 1. The lowest BCUT2D eigenvalue weighted by Crippen LogP contribution is -2.61. The average Bonchev–Trinajstić information content (AvgIpc) is 2.82. The molecule has 1 aliphatic heterocycles. The van der Waals surface area contributed by atoms with Crippen LogP contribution in [0.2, 0.25) is 0 Å². The minimum Gasteiger partial charge on any atom is -0.355 e. The predicted molar refractivity (Wildman–Crippen MR) is 128 cm³/mol. The summed E-state index contributed by atoms with van der Waals surface area (Å²) in [7, 11) is -3.89. The third-order valence-electron chi connectivity index (χ3n) is 6.02. The van der Waals surface area contributed by atoms with Crippen molar-refractivity contribution < 1.29 is 18.0 Å². The molecule has 0 bridgehead atoms.